The molecule has 0 saturated carbocycles. The second-order valence-corrected chi connectivity index (χ2v) is 2.96. The van der Waals surface area contributed by atoms with Gasteiger partial charge in [0.05, 0.1) is 12.3 Å². The molecule has 1 aromatic carbocycles. The summed E-state index contributed by atoms with van der Waals surface area (Å²) in [5.74, 6) is -3.65. The number of anilines is 1. The lowest BCUT2D eigenvalue weighted by atomic mass is 10.3. The summed E-state index contributed by atoms with van der Waals surface area (Å²) in [4.78, 5) is 23.3. The molecule has 0 aromatic heterocycles. The lowest BCUT2D eigenvalue weighted by Crippen LogP contribution is -2.09. The van der Waals surface area contributed by atoms with Crippen molar-refractivity contribution in [2.75, 3.05) is 12.1 Å². The SMILES string of the molecule is C/C=C/CONc1ccccc1.O=C(O)C(=O)O. The maximum Gasteiger partial charge on any atom is 0.414 e. The third-order valence-corrected chi connectivity index (χ3v) is 1.56. The Morgan fingerprint density at radius 1 is 1.22 bits per heavy atom. The number of aliphatic carboxylic acids is 2. The summed E-state index contributed by atoms with van der Waals surface area (Å²) in [5, 5.41) is 14.8. The van der Waals surface area contributed by atoms with Gasteiger partial charge in [0, 0.05) is 0 Å². The molecule has 0 bridgehead atoms. The van der Waals surface area contributed by atoms with Crippen molar-refractivity contribution in [2.45, 2.75) is 6.92 Å². The van der Waals surface area contributed by atoms with Crippen LogP contribution in [0.15, 0.2) is 42.5 Å². The third-order valence-electron chi connectivity index (χ3n) is 1.56. The molecule has 0 saturated heterocycles. The Kier molecular flexibility index (Phi) is 8.57. The molecule has 0 aliphatic carbocycles. The van der Waals surface area contributed by atoms with Crippen LogP contribution in [0.2, 0.25) is 0 Å². The van der Waals surface area contributed by atoms with E-state index in [1.54, 1.807) is 0 Å². The number of rotatable bonds is 4. The van der Waals surface area contributed by atoms with Crippen LogP contribution < -0.4 is 5.48 Å². The maximum atomic E-state index is 9.10. The van der Waals surface area contributed by atoms with E-state index in [0.29, 0.717) is 6.61 Å². The van der Waals surface area contributed by atoms with Crippen molar-refractivity contribution < 1.29 is 24.6 Å². The molecule has 6 heteroatoms. The van der Waals surface area contributed by atoms with E-state index in [0.717, 1.165) is 5.69 Å². The minimum atomic E-state index is -1.82. The van der Waals surface area contributed by atoms with E-state index in [4.69, 9.17) is 24.6 Å². The summed E-state index contributed by atoms with van der Waals surface area (Å²) in [6.07, 6.45) is 3.89. The lowest BCUT2D eigenvalue weighted by molar-refractivity contribution is -0.159. The molecule has 18 heavy (non-hydrogen) atoms. The number of carboxylic acids is 2. The fraction of sp³-hybridized carbons (Fsp3) is 0.167. The van der Waals surface area contributed by atoms with Crippen LogP contribution in [0.25, 0.3) is 0 Å². The molecule has 0 radical (unpaired) electrons. The highest BCUT2D eigenvalue weighted by Crippen LogP contribution is 2.03. The Labute approximate surface area is 104 Å². The molecule has 0 fully saturated rings. The van der Waals surface area contributed by atoms with E-state index < -0.39 is 11.9 Å². The molecule has 3 N–H and O–H groups in total. The normalized spacial score (nSPS) is 9.39. The van der Waals surface area contributed by atoms with E-state index in [9.17, 15) is 0 Å². The molecule has 0 heterocycles. The monoisotopic (exact) mass is 253 g/mol. The minimum absolute atomic E-state index is 0.589. The Hall–Kier alpha value is -2.34. The van der Waals surface area contributed by atoms with Crippen LogP contribution >= 0.6 is 0 Å². The first-order valence-electron chi connectivity index (χ1n) is 5.08. The number of hydrogen-bond acceptors (Lipinski definition) is 4. The number of benzene rings is 1. The van der Waals surface area contributed by atoms with Crippen LogP contribution in [0, 0.1) is 0 Å². The Morgan fingerprint density at radius 2 is 1.78 bits per heavy atom. The van der Waals surface area contributed by atoms with Crippen LogP contribution in [-0.4, -0.2) is 28.8 Å². The van der Waals surface area contributed by atoms with Crippen LogP contribution in [0.5, 0.6) is 0 Å². The molecule has 0 spiro atoms. The average Bonchev–Trinajstić information content (AvgIpc) is 2.36. The highest BCUT2D eigenvalue weighted by Gasteiger charge is 2.04. The van der Waals surface area contributed by atoms with Crippen molar-refractivity contribution in [3.05, 3.63) is 42.5 Å². The summed E-state index contributed by atoms with van der Waals surface area (Å²) >= 11 is 0. The maximum absolute atomic E-state index is 9.10. The highest BCUT2D eigenvalue weighted by molar-refractivity contribution is 6.27. The first kappa shape index (κ1) is 15.7. The summed E-state index contributed by atoms with van der Waals surface area (Å²) < 4.78 is 0. The molecule has 0 unspecified atom stereocenters. The van der Waals surface area contributed by atoms with Gasteiger partial charge >= 0.3 is 11.9 Å². The van der Waals surface area contributed by atoms with Crippen LogP contribution in [0.1, 0.15) is 6.92 Å². The van der Waals surface area contributed by atoms with Crippen LogP contribution in [-0.2, 0) is 14.4 Å². The summed E-state index contributed by atoms with van der Waals surface area (Å²) in [5.41, 5.74) is 3.80. The Balaban J connectivity index is 0.000000411. The first-order valence-corrected chi connectivity index (χ1v) is 5.08. The van der Waals surface area contributed by atoms with E-state index in [1.807, 2.05) is 49.4 Å². The summed E-state index contributed by atoms with van der Waals surface area (Å²) in [6.45, 7) is 2.55. The average molecular weight is 253 g/mol. The lowest BCUT2D eigenvalue weighted by Gasteiger charge is -2.03. The number of carboxylic acid groups (broad SMARTS) is 2. The van der Waals surface area contributed by atoms with E-state index >= 15 is 0 Å². The van der Waals surface area contributed by atoms with Crippen molar-refractivity contribution in [2.24, 2.45) is 0 Å². The predicted molar refractivity (Wildman–Crippen MR) is 66.1 cm³/mol. The molecule has 98 valence electrons. The number of nitrogens with one attached hydrogen (secondary N) is 1. The molecule has 0 aliphatic rings. The topological polar surface area (TPSA) is 95.9 Å². The zero-order valence-corrected chi connectivity index (χ0v) is 9.87. The standard InChI is InChI=1S/C10H13NO.C2H2O4/c1-2-3-9-12-11-10-7-5-4-6-8-10;3-1(4)2(5)6/h2-8,11H,9H2,1H3;(H,3,4)(H,5,6)/b3-2+;. The van der Waals surface area contributed by atoms with Gasteiger partial charge in [0.2, 0.25) is 0 Å². The fourth-order valence-corrected chi connectivity index (χ4v) is 0.776. The second-order valence-electron chi connectivity index (χ2n) is 2.96. The zero-order chi connectivity index (χ0) is 13.8. The van der Waals surface area contributed by atoms with Crippen molar-refractivity contribution in [3.8, 4) is 0 Å². The second kappa shape index (κ2) is 9.86. The van der Waals surface area contributed by atoms with Gasteiger partial charge in [-0.2, -0.15) is 0 Å². The van der Waals surface area contributed by atoms with Gasteiger partial charge in [-0.05, 0) is 19.1 Å². The van der Waals surface area contributed by atoms with Crippen LogP contribution in [0.4, 0.5) is 5.69 Å². The van der Waals surface area contributed by atoms with E-state index in [1.165, 1.54) is 0 Å². The fourth-order valence-electron chi connectivity index (χ4n) is 0.776. The molecular formula is C12H15NO5. The minimum Gasteiger partial charge on any atom is -0.473 e. The molecule has 0 aliphatic heterocycles. The number of allylic oxidation sites excluding steroid dienone is 1. The smallest absolute Gasteiger partial charge is 0.414 e. The molecule has 0 amide bonds. The number of hydrogen-bond donors (Lipinski definition) is 3. The van der Waals surface area contributed by atoms with Gasteiger partial charge in [0.25, 0.3) is 0 Å². The number of carbonyl (C=O) groups is 2. The largest absolute Gasteiger partial charge is 0.473 e. The van der Waals surface area contributed by atoms with Gasteiger partial charge in [-0.1, -0.05) is 30.4 Å². The third kappa shape index (κ3) is 8.93. The Bertz CT molecular complexity index is 377. The van der Waals surface area contributed by atoms with Crippen molar-refractivity contribution in [1.82, 2.24) is 0 Å². The predicted octanol–water partition coefficient (Wildman–Crippen LogP) is 1.76. The van der Waals surface area contributed by atoms with Crippen molar-refractivity contribution in [3.63, 3.8) is 0 Å². The summed E-state index contributed by atoms with van der Waals surface area (Å²) in [7, 11) is 0. The Morgan fingerprint density at radius 3 is 2.22 bits per heavy atom. The molecular weight excluding hydrogens is 238 g/mol. The molecule has 0 atom stereocenters. The van der Waals surface area contributed by atoms with E-state index in [2.05, 4.69) is 5.48 Å². The number of para-hydroxylation sites is 1. The van der Waals surface area contributed by atoms with Crippen molar-refractivity contribution >= 4 is 17.6 Å². The summed E-state index contributed by atoms with van der Waals surface area (Å²) in [6, 6.07) is 9.80. The molecule has 1 rings (SSSR count). The van der Waals surface area contributed by atoms with Gasteiger partial charge in [-0.25, -0.2) is 9.59 Å². The zero-order valence-electron chi connectivity index (χ0n) is 9.87. The van der Waals surface area contributed by atoms with Gasteiger partial charge in [-0.3, -0.25) is 10.3 Å². The van der Waals surface area contributed by atoms with Gasteiger partial charge in [0.15, 0.2) is 0 Å². The van der Waals surface area contributed by atoms with Crippen molar-refractivity contribution in [1.29, 1.82) is 0 Å². The quantitative estimate of drug-likeness (QED) is 0.327. The molecule has 6 nitrogen and oxygen atoms in total. The highest BCUT2D eigenvalue weighted by atomic mass is 16.6. The van der Waals surface area contributed by atoms with Gasteiger partial charge in [-0.15, -0.1) is 0 Å². The molecule has 1 aromatic rings. The van der Waals surface area contributed by atoms with Crippen LogP contribution in [0.3, 0.4) is 0 Å². The first-order chi connectivity index (χ1) is 8.57. The van der Waals surface area contributed by atoms with Gasteiger partial charge < -0.3 is 10.2 Å². The van der Waals surface area contributed by atoms with Gasteiger partial charge in [0.1, 0.15) is 0 Å². The van der Waals surface area contributed by atoms with E-state index in [-0.39, 0.29) is 0 Å².